The van der Waals surface area contributed by atoms with Crippen molar-refractivity contribution in [1.82, 2.24) is 0 Å². The molecule has 1 aromatic carbocycles. The van der Waals surface area contributed by atoms with E-state index in [0.717, 1.165) is 0 Å². The van der Waals surface area contributed by atoms with Crippen molar-refractivity contribution in [3.8, 4) is 0 Å². The van der Waals surface area contributed by atoms with Gasteiger partial charge in [0, 0.05) is 0 Å². The van der Waals surface area contributed by atoms with Crippen LogP contribution in [0.4, 0.5) is 0 Å². The third kappa shape index (κ3) is 4.47. The van der Waals surface area contributed by atoms with E-state index in [0.29, 0.717) is 0 Å². The average Bonchev–Trinajstić information content (AvgIpc) is 1.88. The molecule has 0 aliphatic carbocycles. The van der Waals surface area contributed by atoms with E-state index in [4.69, 9.17) is 0 Å². The van der Waals surface area contributed by atoms with E-state index >= 15 is 0 Å². The van der Waals surface area contributed by atoms with Gasteiger partial charge in [-0.2, -0.15) is 13.8 Å². The van der Waals surface area contributed by atoms with Crippen molar-refractivity contribution in [3.05, 3.63) is 35.9 Å². The SMILES string of the molecule is C[C-](C)[SiH2]c1ccccc1.[Li+]. The van der Waals surface area contributed by atoms with Gasteiger partial charge in [-0.15, -0.1) is 0 Å². The monoisotopic (exact) mass is 156 g/mol. The predicted molar refractivity (Wildman–Crippen MR) is 49.2 cm³/mol. The second-order valence-electron chi connectivity index (χ2n) is 2.87. The second-order valence-corrected chi connectivity index (χ2v) is 5.45. The van der Waals surface area contributed by atoms with Crippen LogP contribution in [0.1, 0.15) is 13.8 Å². The van der Waals surface area contributed by atoms with Gasteiger partial charge in [0.05, 0.1) is 0 Å². The minimum Gasteiger partial charge on any atom is -0.320 e. The first-order chi connectivity index (χ1) is 4.79. The van der Waals surface area contributed by atoms with Crippen LogP contribution in [0.15, 0.2) is 30.3 Å². The molecule has 0 spiro atoms. The van der Waals surface area contributed by atoms with Crippen LogP contribution in [0.3, 0.4) is 0 Å². The van der Waals surface area contributed by atoms with Crippen LogP contribution in [-0.2, 0) is 0 Å². The summed E-state index contributed by atoms with van der Waals surface area (Å²) < 4.78 is 0. The van der Waals surface area contributed by atoms with Crippen molar-refractivity contribution in [1.29, 1.82) is 0 Å². The average molecular weight is 156 g/mol. The van der Waals surface area contributed by atoms with E-state index < -0.39 is 0 Å². The van der Waals surface area contributed by atoms with E-state index in [1.807, 2.05) is 0 Å². The Morgan fingerprint density at radius 2 is 1.64 bits per heavy atom. The number of rotatable bonds is 2. The van der Waals surface area contributed by atoms with Crippen LogP contribution in [-0.4, -0.2) is 9.52 Å². The molecular formula is C9H13LiSi. The molecule has 0 unspecified atom stereocenters. The molecule has 0 N–H and O–H groups in total. The normalized spacial score (nSPS) is 10.5. The summed E-state index contributed by atoms with van der Waals surface area (Å²) in [6.07, 6.45) is 0. The van der Waals surface area contributed by atoms with E-state index in [9.17, 15) is 0 Å². The molecule has 0 fully saturated rings. The maximum atomic E-state index is 2.22. The van der Waals surface area contributed by atoms with Crippen molar-refractivity contribution in [2.24, 2.45) is 0 Å². The van der Waals surface area contributed by atoms with Gasteiger partial charge in [-0.1, -0.05) is 45.0 Å². The Kier molecular flexibility index (Phi) is 5.67. The Morgan fingerprint density at radius 3 is 2.09 bits per heavy atom. The minimum absolute atomic E-state index is 0. The summed E-state index contributed by atoms with van der Waals surface area (Å²) in [5.74, 6) is 0. The molecule has 0 aromatic heterocycles. The van der Waals surface area contributed by atoms with Crippen LogP contribution in [0, 0.1) is 5.54 Å². The van der Waals surface area contributed by atoms with Crippen molar-refractivity contribution in [2.45, 2.75) is 13.8 Å². The van der Waals surface area contributed by atoms with Gasteiger partial charge in [-0.05, 0) is 0 Å². The fraction of sp³-hybridized carbons (Fsp3) is 0.222. The smallest absolute Gasteiger partial charge is 0.320 e. The molecule has 0 heterocycles. The molecule has 0 aliphatic heterocycles. The molecule has 11 heavy (non-hydrogen) atoms. The molecule has 0 radical (unpaired) electrons. The van der Waals surface area contributed by atoms with Gasteiger partial charge in [0.2, 0.25) is 0 Å². The van der Waals surface area contributed by atoms with Crippen LogP contribution in [0.25, 0.3) is 0 Å². The largest absolute Gasteiger partial charge is 1.00 e. The maximum Gasteiger partial charge on any atom is 1.00 e. The summed E-state index contributed by atoms with van der Waals surface area (Å²) in [7, 11) is -0.0600. The molecular weight excluding hydrogens is 143 g/mol. The summed E-state index contributed by atoms with van der Waals surface area (Å²) in [5.41, 5.74) is 1.60. The Labute approximate surface area is 83.4 Å². The van der Waals surface area contributed by atoms with E-state index in [1.165, 1.54) is 0 Å². The third-order valence-corrected chi connectivity index (χ3v) is 2.99. The standard InChI is InChI=1S/C9H13Si.Li/c1-8(2)10-9-6-4-3-5-7-9;/h3-7H,10H2,1-2H3;/q-1;+1. The third-order valence-electron chi connectivity index (χ3n) is 1.40. The first-order valence-electron chi connectivity index (χ1n) is 3.62. The molecule has 0 aliphatic rings. The summed E-state index contributed by atoms with van der Waals surface area (Å²) in [6, 6.07) is 10.7. The Bertz CT molecular complexity index is 184. The van der Waals surface area contributed by atoms with Gasteiger partial charge >= 0.3 is 18.9 Å². The number of hydrogen-bond donors (Lipinski definition) is 0. The van der Waals surface area contributed by atoms with Crippen LogP contribution >= 0.6 is 0 Å². The van der Waals surface area contributed by atoms with Crippen molar-refractivity contribution in [2.75, 3.05) is 0 Å². The van der Waals surface area contributed by atoms with E-state index in [-0.39, 0.29) is 28.4 Å². The molecule has 2 heteroatoms. The molecule has 0 saturated heterocycles. The van der Waals surface area contributed by atoms with E-state index in [1.54, 1.807) is 10.7 Å². The van der Waals surface area contributed by atoms with Crippen molar-refractivity contribution in [3.63, 3.8) is 0 Å². The van der Waals surface area contributed by atoms with Crippen LogP contribution in [0.5, 0.6) is 0 Å². The summed E-state index contributed by atoms with van der Waals surface area (Å²) in [6.45, 7) is 4.44. The fourth-order valence-electron chi connectivity index (χ4n) is 1.00. The molecule has 0 atom stereocenters. The van der Waals surface area contributed by atoms with E-state index in [2.05, 4.69) is 44.2 Å². The molecule has 0 amide bonds. The quantitative estimate of drug-likeness (QED) is 0.345. The van der Waals surface area contributed by atoms with Gasteiger partial charge in [0.25, 0.3) is 0 Å². The zero-order chi connectivity index (χ0) is 7.40. The van der Waals surface area contributed by atoms with Crippen molar-refractivity contribution >= 4 is 14.7 Å². The van der Waals surface area contributed by atoms with Gasteiger partial charge in [0.15, 0.2) is 0 Å². The topological polar surface area (TPSA) is 0 Å². The Morgan fingerprint density at radius 1 is 1.09 bits per heavy atom. The predicted octanol–water partition coefficient (Wildman–Crippen LogP) is -1.94. The molecule has 0 bridgehead atoms. The van der Waals surface area contributed by atoms with Gasteiger partial charge in [0.1, 0.15) is 0 Å². The molecule has 0 nitrogen and oxygen atoms in total. The summed E-state index contributed by atoms with van der Waals surface area (Å²) in [5, 5.41) is 1.54. The van der Waals surface area contributed by atoms with Gasteiger partial charge < -0.3 is 5.54 Å². The second kappa shape index (κ2) is 5.66. The molecule has 1 rings (SSSR count). The first kappa shape index (κ1) is 11.0. The zero-order valence-corrected chi connectivity index (χ0v) is 9.01. The minimum atomic E-state index is -0.0600. The number of hydrogen-bond acceptors (Lipinski definition) is 0. The first-order valence-corrected chi connectivity index (χ1v) is 5.03. The van der Waals surface area contributed by atoms with Crippen molar-refractivity contribution < 1.29 is 18.9 Å². The van der Waals surface area contributed by atoms with Gasteiger partial charge in [-0.25, -0.2) is 0 Å². The zero-order valence-electron chi connectivity index (χ0n) is 7.59. The van der Waals surface area contributed by atoms with Crippen LogP contribution < -0.4 is 24.0 Å². The van der Waals surface area contributed by atoms with Gasteiger partial charge in [-0.3, -0.25) is 0 Å². The molecule has 54 valence electrons. The number of benzene rings is 1. The fourth-order valence-corrected chi connectivity index (χ4v) is 2.33. The summed E-state index contributed by atoms with van der Waals surface area (Å²) in [4.78, 5) is 0. The Hall–Kier alpha value is 0.0343. The molecule has 1 aromatic rings. The Balaban J connectivity index is 0.000001000. The maximum absolute atomic E-state index is 2.22. The van der Waals surface area contributed by atoms with Crippen LogP contribution in [0.2, 0.25) is 0 Å². The summed E-state index contributed by atoms with van der Waals surface area (Å²) >= 11 is 0. The molecule has 0 saturated carbocycles.